The van der Waals surface area contributed by atoms with Crippen molar-refractivity contribution in [1.29, 1.82) is 0 Å². The lowest BCUT2D eigenvalue weighted by Crippen LogP contribution is -2.12. The van der Waals surface area contributed by atoms with Gasteiger partial charge in [0.25, 0.3) is 5.91 Å². The highest BCUT2D eigenvalue weighted by Crippen LogP contribution is 2.36. The average Bonchev–Trinajstić information content (AvgIpc) is 3.09. The summed E-state index contributed by atoms with van der Waals surface area (Å²) < 4.78 is 6.65. The summed E-state index contributed by atoms with van der Waals surface area (Å²) >= 11 is 6.02. The lowest BCUT2D eigenvalue weighted by atomic mass is 10.1. The molecule has 0 bridgehead atoms. The van der Waals surface area contributed by atoms with Crippen molar-refractivity contribution >= 4 is 65.6 Å². The fourth-order valence-corrected chi connectivity index (χ4v) is 4.41. The molecule has 0 saturated heterocycles. The number of esters is 1. The molecule has 2 aromatic heterocycles. The van der Waals surface area contributed by atoms with Crippen molar-refractivity contribution in [3.05, 3.63) is 50.6 Å². The molecule has 0 aliphatic carbocycles. The minimum absolute atomic E-state index is 0.243. The number of amides is 1. The van der Waals surface area contributed by atoms with Crippen LogP contribution in [0.2, 0.25) is 0 Å². The van der Waals surface area contributed by atoms with Crippen molar-refractivity contribution in [3.8, 4) is 0 Å². The first-order chi connectivity index (χ1) is 10.6. The van der Waals surface area contributed by atoms with Gasteiger partial charge in [-0.25, -0.2) is 4.79 Å². The maximum atomic E-state index is 12.3. The van der Waals surface area contributed by atoms with Crippen LogP contribution in [-0.2, 0) is 4.74 Å². The second-order valence-corrected chi connectivity index (χ2v) is 7.87. The highest BCUT2D eigenvalue weighted by atomic mass is 79.9. The smallest absolute Gasteiger partial charge is 0.341 e. The maximum absolute atomic E-state index is 12.3. The van der Waals surface area contributed by atoms with Crippen molar-refractivity contribution in [2.75, 3.05) is 12.4 Å². The van der Waals surface area contributed by atoms with Crippen molar-refractivity contribution in [2.45, 2.75) is 0 Å². The van der Waals surface area contributed by atoms with E-state index in [0.29, 0.717) is 15.4 Å². The van der Waals surface area contributed by atoms with E-state index in [9.17, 15) is 9.59 Å². The Labute approximate surface area is 142 Å². The van der Waals surface area contributed by atoms with Crippen LogP contribution in [0.1, 0.15) is 20.0 Å². The van der Waals surface area contributed by atoms with Crippen LogP contribution in [0, 0.1) is 0 Å². The van der Waals surface area contributed by atoms with Crippen molar-refractivity contribution in [1.82, 2.24) is 0 Å². The topological polar surface area (TPSA) is 55.4 Å². The Bertz CT molecular complexity index is 869. The number of thiophene rings is 2. The summed E-state index contributed by atoms with van der Waals surface area (Å²) in [5.74, 6) is -0.701. The molecule has 112 valence electrons. The Balaban J connectivity index is 2.02. The second-order valence-electron chi connectivity index (χ2n) is 4.35. The van der Waals surface area contributed by atoms with Crippen LogP contribution in [0.15, 0.2) is 40.2 Å². The van der Waals surface area contributed by atoms with Gasteiger partial charge >= 0.3 is 5.97 Å². The standard InChI is InChI=1S/C15H10BrNO3S2/c1-20-15(19)12-8-4-2-3-5-9(8)22-14(12)17-13(18)10-6-7-11(16)21-10/h2-7H,1H3,(H,17,18). The van der Waals surface area contributed by atoms with E-state index in [0.717, 1.165) is 13.9 Å². The Morgan fingerprint density at radius 2 is 1.91 bits per heavy atom. The lowest BCUT2D eigenvalue weighted by Gasteiger charge is -2.04. The first kappa shape index (κ1) is 15.2. The van der Waals surface area contributed by atoms with Crippen LogP contribution >= 0.6 is 38.6 Å². The summed E-state index contributed by atoms with van der Waals surface area (Å²) in [5.41, 5.74) is 0.395. The van der Waals surface area contributed by atoms with Crippen molar-refractivity contribution in [2.24, 2.45) is 0 Å². The zero-order chi connectivity index (χ0) is 15.7. The maximum Gasteiger partial charge on any atom is 0.341 e. The fourth-order valence-electron chi connectivity index (χ4n) is 2.04. The molecule has 1 amide bonds. The third-order valence-corrected chi connectivity index (χ3v) is 5.72. The quantitative estimate of drug-likeness (QED) is 0.650. The van der Waals surface area contributed by atoms with Crippen LogP contribution in [0.4, 0.5) is 5.00 Å². The molecule has 0 aliphatic rings. The third-order valence-electron chi connectivity index (χ3n) is 3.01. The van der Waals surface area contributed by atoms with E-state index in [1.807, 2.05) is 30.3 Å². The number of anilines is 1. The zero-order valence-electron chi connectivity index (χ0n) is 11.4. The fraction of sp³-hybridized carbons (Fsp3) is 0.0667. The highest BCUT2D eigenvalue weighted by Gasteiger charge is 2.21. The molecule has 0 unspecified atom stereocenters. The van der Waals surface area contributed by atoms with Gasteiger partial charge in [-0.05, 0) is 34.1 Å². The molecule has 1 aromatic carbocycles. The van der Waals surface area contributed by atoms with Crippen LogP contribution in [0.25, 0.3) is 10.1 Å². The van der Waals surface area contributed by atoms with Crippen molar-refractivity contribution < 1.29 is 14.3 Å². The molecule has 0 radical (unpaired) electrons. The number of methoxy groups -OCH3 is 1. The molecule has 22 heavy (non-hydrogen) atoms. The van der Waals surface area contributed by atoms with Gasteiger partial charge in [0.15, 0.2) is 0 Å². The van der Waals surface area contributed by atoms with Gasteiger partial charge in [-0.1, -0.05) is 18.2 Å². The summed E-state index contributed by atoms with van der Waals surface area (Å²) in [6.07, 6.45) is 0. The number of carbonyl (C=O) groups excluding carboxylic acids is 2. The minimum atomic E-state index is -0.458. The summed E-state index contributed by atoms with van der Waals surface area (Å²) in [5, 5.41) is 4.10. The summed E-state index contributed by atoms with van der Waals surface area (Å²) in [7, 11) is 1.33. The molecular weight excluding hydrogens is 386 g/mol. The van der Waals surface area contributed by atoms with Gasteiger partial charge in [0, 0.05) is 10.1 Å². The Hall–Kier alpha value is -1.70. The lowest BCUT2D eigenvalue weighted by molar-refractivity contribution is 0.0604. The molecule has 1 N–H and O–H groups in total. The zero-order valence-corrected chi connectivity index (χ0v) is 14.6. The number of hydrogen-bond acceptors (Lipinski definition) is 5. The number of nitrogens with one attached hydrogen (secondary N) is 1. The number of benzene rings is 1. The van der Waals surface area contributed by atoms with E-state index in [1.165, 1.54) is 29.8 Å². The van der Waals surface area contributed by atoms with E-state index < -0.39 is 5.97 Å². The van der Waals surface area contributed by atoms with Gasteiger partial charge in [0.05, 0.1) is 15.8 Å². The van der Waals surface area contributed by atoms with E-state index >= 15 is 0 Å². The van der Waals surface area contributed by atoms with Gasteiger partial charge in [-0.15, -0.1) is 22.7 Å². The predicted molar refractivity (Wildman–Crippen MR) is 93.1 cm³/mol. The minimum Gasteiger partial charge on any atom is -0.465 e. The Kier molecular flexibility index (Phi) is 4.28. The van der Waals surface area contributed by atoms with Crippen molar-refractivity contribution in [3.63, 3.8) is 0 Å². The Morgan fingerprint density at radius 1 is 1.14 bits per heavy atom. The monoisotopic (exact) mass is 395 g/mol. The van der Waals surface area contributed by atoms with E-state index in [1.54, 1.807) is 6.07 Å². The molecule has 7 heteroatoms. The summed E-state index contributed by atoms with van der Waals surface area (Å²) in [4.78, 5) is 24.9. The number of halogens is 1. The van der Waals surface area contributed by atoms with Crippen LogP contribution in [0.3, 0.4) is 0 Å². The van der Waals surface area contributed by atoms with E-state index in [2.05, 4.69) is 21.2 Å². The first-order valence-electron chi connectivity index (χ1n) is 6.26. The number of carbonyl (C=O) groups is 2. The predicted octanol–water partition coefficient (Wildman–Crippen LogP) is 4.76. The molecule has 3 aromatic rings. The average molecular weight is 396 g/mol. The third kappa shape index (κ3) is 2.79. The largest absolute Gasteiger partial charge is 0.465 e. The van der Waals surface area contributed by atoms with Crippen LogP contribution in [-0.4, -0.2) is 19.0 Å². The van der Waals surface area contributed by atoms with Gasteiger partial charge in [0.1, 0.15) is 10.6 Å². The molecular formula is C15H10BrNO3S2. The molecule has 0 saturated carbocycles. The molecule has 0 atom stereocenters. The van der Waals surface area contributed by atoms with Gasteiger partial charge in [-0.3, -0.25) is 4.79 Å². The Morgan fingerprint density at radius 3 is 2.59 bits per heavy atom. The van der Waals surface area contributed by atoms with Gasteiger partial charge < -0.3 is 10.1 Å². The molecule has 0 aliphatic heterocycles. The number of ether oxygens (including phenoxy) is 1. The number of hydrogen-bond donors (Lipinski definition) is 1. The van der Waals surface area contributed by atoms with Crippen LogP contribution < -0.4 is 5.32 Å². The molecule has 2 heterocycles. The molecule has 3 rings (SSSR count). The molecule has 0 spiro atoms. The second kappa shape index (κ2) is 6.20. The normalized spacial score (nSPS) is 10.6. The first-order valence-corrected chi connectivity index (χ1v) is 8.69. The highest BCUT2D eigenvalue weighted by molar-refractivity contribution is 9.11. The van der Waals surface area contributed by atoms with Gasteiger partial charge in [-0.2, -0.15) is 0 Å². The summed E-state index contributed by atoms with van der Waals surface area (Å²) in [6.45, 7) is 0. The van der Waals surface area contributed by atoms with Gasteiger partial charge in [0.2, 0.25) is 0 Å². The SMILES string of the molecule is COC(=O)c1c(NC(=O)c2ccc(Br)s2)sc2ccccc12. The summed E-state index contributed by atoms with van der Waals surface area (Å²) in [6, 6.07) is 11.0. The van der Waals surface area contributed by atoms with E-state index in [4.69, 9.17) is 4.74 Å². The number of fused-ring (bicyclic) bond motifs is 1. The van der Waals surface area contributed by atoms with E-state index in [-0.39, 0.29) is 5.91 Å². The number of rotatable bonds is 3. The van der Waals surface area contributed by atoms with Crippen LogP contribution in [0.5, 0.6) is 0 Å². The molecule has 4 nitrogen and oxygen atoms in total. The molecule has 0 fully saturated rings.